The second kappa shape index (κ2) is 7.82. The summed E-state index contributed by atoms with van der Waals surface area (Å²) < 4.78 is 0. The fraction of sp³-hybridized carbons (Fsp3) is 0.0588. The van der Waals surface area contributed by atoms with Crippen molar-refractivity contribution >= 4 is 51.3 Å². The van der Waals surface area contributed by atoms with E-state index in [1.165, 1.54) is 35.6 Å². The summed E-state index contributed by atoms with van der Waals surface area (Å²) in [6.07, 6.45) is 2.18. The molecule has 0 aliphatic carbocycles. The van der Waals surface area contributed by atoms with E-state index in [9.17, 15) is 14.9 Å². The molecule has 1 aromatic heterocycles. The molecule has 0 saturated heterocycles. The van der Waals surface area contributed by atoms with E-state index in [2.05, 4.69) is 10.3 Å². The van der Waals surface area contributed by atoms with Crippen molar-refractivity contribution < 1.29 is 9.72 Å². The molecule has 1 amide bonds. The molecule has 3 rings (SSSR count). The lowest BCUT2D eigenvalue weighted by Crippen LogP contribution is -2.11. The quantitative estimate of drug-likeness (QED) is 0.464. The molecule has 1 heterocycles. The lowest BCUT2D eigenvalue weighted by Gasteiger charge is -2.03. The number of nitrogens with zero attached hydrogens (tertiary/aromatic N) is 2. The predicted octanol–water partition coefficient (Wildman–Crippen LogP) is 5.20. The van der Waals surface area contributed by atoms with Crippen LogP contribution >= 0.6 is 34.5 Å². The number of benzene rings is 2. The second-order valence-corrected chi connectivity index (χ2v) is 7.26. The van der Waals surface area contributed by atoms with Gasteiger partial charge in [-0.1, -0.05) is 29.3 Å². The number of carbonyl (C=O) groups is 1. The van der Waals surface area contributed by atoms with Gasteiger partial charge in [0, 0.05) is 45.2 Å². The molecule has 26 heavy (non-hydrogen) atoms. The van der Waals surface area contributed by atoms with Crippen molar-refractivity contribution in [2.24, 2.45) is 0 Å². The third-order valence-corrected chi connectivity index (χ3v) is 4.98. The largest absolute Gasteiger partial charge is 0.298 e. The van der Waals surface area contributed by atoms with Gasteiger partial charge in [-0.25, -0.2) is 4.98 Å². The van der Waals surface area contributed by atoms with Gasteiger partial charge in [-0.3, -0.25) is 20.2 Å². The SMILES string of the molecule is O=C(Nc1ncc(Cc2cc(Cl)ccc2Cl)s1)c1cccc([N+](=O)[O-])c1. The van der Waals surface area contributed by atoms with Gasteiger partial charge in [0.1, 0.15) is 0 Å². The molecule has 0 bridgehead atoms. The van der Waals surface area contributed by atoms with Crippen molar-refractivity contribution in [2.45, 2.75) is 6.42 Å². The molecule has 0 saturated carbocycles. The van der Waals surface area contributed by atoms with Crippen LogP contribution in [0.3, 0.4) is 0 Å². The first-order chi connectivity index (χ1) is 12.4. The Morgan fingerprint density at radius 3 is 2.81 bits per heavy atom. The maximum atomic E-state index is 12.2. The Hall–Kier alpha value is -2.48. The van der Waals surface area contributed by atoms with Gasteiger partial charge in [0.15, 0.2) is 5.13 Å². The topological polar surface area (TPSA) is 85.1 Å². The van der Waals surface area contributed by atoms with Crippen LogP contribution in [0.15, 0.2) is 48.7 Å². The smallest absolute Gasteiger partial charge is 0.270 e. The Labute approximate surface area is 162 Å². The molecule has 2 aromatic carbocycles. The van der Waals surface area contributed by atoms with Crippen LogP contribution in [0.2, 0.25) is 10.0 Å². The first-order valence-corrected chi connectivity index (χ1v) is 8.94. The zero-order valence-electron chi connectivity index (χ0n) is 13.1. The van der Waals surface area contributed by atoms with E-state index in [1.807, 2.05) is 0 Å². The molecule has 0 fully saturated rings. The average molecular weight is 408 g/mol. The molecule has 0 atom stereocenters. The number of thiazole rings is 1. The van der Waals surface area contributed by atoms with Gasteiger partial charge in [0.2, 0.25) is 0 Å². The summed E-state index contributed by atoms with van der Waals surface area (Å²) in [6.45, 7) is 0. The highest BCUT2D eigenvalue weighted by Crippen LogP contribution is 2.27. The highest BCUT2D eigenvalue weighted by atomic mass is 35.5. The van der Waals surface area contributed by atoms with Crippen LogP contribution in [0.4, 0.5) is 10.8 Å². The van der Waals surface area contributed by atoms with Gasteiger partial charge >= 0.3 is 0 Å². The molecule has 1 N–H and O–H groups in total. The number of non-ortho nitro benzene ring substituents is 1. The lowest BCUT2D eigenvalue weighted by molar-refractivity contribution is -0.384. The number of halogens is 2. The molecule has 0 radical (unpaired) electrons. The number of amides is 1. The van der Waals surface area contributed by atoms with E-state index >= 15 is 0 Å². The summed E-state index contributed by atoms with van der Waals surface area (Å²) in [4.78, 5) is 27.6. The zero-order chi connectivity index (χ0) is 18.7. The summed E-state index contributed by atoms with van der Waals surface area (Å²) in [7, 11) is 0. The van der Waals surface area contributed by atoms with E-state index in [0.717, 1.165) is 10.4 Å². The molecule has 0 unspecified atom stereocenters. The zero-order valence-corrected chi connectivity index (χ0v) is 15.4. The Morgan fingerprint density at radius 1 is 1.23 bits per heavy atom. The van der Waals surface area contributed by atoms with Crippen molar-refractivity contribution in [1.82, 2.24) is 4.98 Å². The normalized spacial score (nSPS) is 10.5. The number of rotatable bonds is 5. The molecule has 0 spiro atoms. The van der Waals surface area contributed by atoms with Crippen molar-refractivity contribution in [1.29, 1.82) is 0 Å². The Bertz CT molecular complexity index is 991. The monoisotopic (exact) mass is 407 g/mol. The summed E-state index contributed by atoms with van der Waals surface area (Å²) in [5.41, 5.74) is 0.904. The van der Waals surface area contributed by atoms with Gasteiger partial charge in [0.25, 0.3) is 11.6 Å². The summed E-state index contributed by atoms with van der Waals surface area (Å²) >= 11 is 13.4. The van der Waals surface area contributed by atoms with Crippen molar-refractivity contribution in [2.75, 3.05) is 5.32 Å². The van der Waals surface area contributed by atoms with Gasteiger partial charge in [-0.2, -0.15) is 0 Å². The first kappa shape index (κ1) is 18.3. The van der Waals surface area contributed by atoms with Gasteiger partial charge in [0.05, 0.1) is 4.92 Å². The Morgan fingerprint density at radius 2 is 2.04 bits per heavy atom. The third-order valence-electron chi connectivity index (χ3n) is 3.47. The van der Waals surface area contributed by atoms with E-state index in [4.69, 9.17) is 23.2 Å². The summed E-state index contributed by atoms with van der Waals surface area (Å²) in [6, 6.07) is 10.7. The molecular formula is C17H11Cl2N3O3S. The van der Waals surface area contributed by atoms with Gasteiger partial charge < -0.3 is 0 Å². The van der Waals surface area contributed by atoms with Crippen molar-refractivity contribution in [3.05, 3.63) is 84.8 Å². The first-order valence-electron chi connectivity index (χ1n) is 7.37. The molecule has 9 heteroatoms. The molecule has 3 aromatic rings. The van der Waals surface area contributed by atoms with Crippen LogP contribution in [-0.2, 0) is 6.42 Å². The second-order valence-electron chi connectivity index (χ2n) is 5.31. The minimum absolute atomic E-state index is 0.145. The molecular weight excluding hydrogens is 397 g/mol. The maximum absolute atomic E-state index is 12.2. The number of nitrogens with one attached hydrogen (secondary N) is 1. The van der Waals surface area contributed by atoms with Crippen LogP contribution < -0.4 is 5.32 Å². The standard InChI is InChI=1S/C17H11Cl2N3O3S/c18-12-4-5-15(19)11(6-12)8-14-9-20-17(26-14)21-16(23)10-2-1-3-13(7-10)22(24)25/h1-7,9H,8H2,(H,20,21,23). The Kier molecular flexibility index (Phi) is 5.51. The average Bonchev–Trinajstić information content (AvgIpc) is 3.05. The van der Waals surface area contributed by atoms with Crippen LogP contribution in [0, 0.1) is 10.1 Å². The number of aromatic nitrogens is 1. The predicted molar refractivity (Wildman–Crippen MR) is 102 cm³/mol. The molecule has 0 aliphatic heterocycles. The number of nitro benzene ring substituents is 1. The minimum atomic E-state index is -0.549. The Balaban J connectivity index is 1.72. The maximum Gasteiger partial charge on any atom is 0.270 e. The van der Waals surface area contributed by atoms with Gasteiger partial charge in [-0.15, -0.1) is 11.3 Å². The van der Waals surface area contributed by atoms with Crippen LogP contribution in [0.25, 0.3) is 0 Å². The minimum Gasteiger partial charge on any atom is -0.298 e. The summed E-state index contributed by atoms with van der Waals surface area (Å²) in [5.74, 6) is -0.463. The fourth-order valence-electron chi connectivity index (χ4n) is 2.24. The highest BCUT2D eigenvalue weighted by Gasteiger charge is 2.14. The third kappa shape index (κ3) is 4.37. The fourth-order valence-corrected chi connectivity index (χ4v) is 3.45. The molecule has 0 aliphatic rings. The van der Waals surface area contributed by atoms with E-state index in [1.54, 1.807) is 24.4 Å². The molecule has 132 valence electrons. The number of nitro groups is 1. The van der Waals surface area contributed by atoms with E-state index in [0.29, 0.717) is 21.6 Å². The summed E-state index contributed by atoms with van der Waals surface area (Å²) in [5, 5.41) is 15.0. The highest BCUT2D eigenvalue weighted by molar-refractivity contribution is 7.15. The van der Waals surface area contributed by atoms with Crippen molar-refractivity contribution in [3.8, 4) is 0 Å². The van der Waals surface area contributed by atoms with Gasteiger partial charge in [-0.05, 0) is 29.8 Å². The number of hydrogen-bond donors (Lipinski definition) is 1. The van der Waals surface area contributed by atoms with Crippen LogP contribution in [-0.4, -0.2) is 15.8 Å². The number of hydrogen-bond acceptors (Lipinski definition) is 5. The number of anilines is 1. The van der Waals surface area contributed by atoms with E-state index in [-0.39, 0.29) is 11.3 Å². The lowest BCUT2D eigenvalue weighted by atomic mass is 10.1. The van der Waals surface area contributed by atoms with Crippen molar-refractivity contribution in [3.63, 3.8) is 0 Å². The van der Waals surface area contributed by atoms with Crippen LogP contribution in [0.5, 0.6) is 0 Å². The molecule has 6 nitrogen and oxygen atoms in total. The van der Waals surface area contributed by atoms with Crippen LogP contribution in [0.1, 0.15) is 20.8 Å². The number of carbonyl (C=O) groups excluding carboxylic acids is 1. The van der Waals surface area contributed by atoms with E-state index < -0.39 is 10.8 Å².